The first-order valence-electron chi connectivity index (χ1n) is 4.79. The van der Waals surface area contributed by atoms with Crippen LogP contribution in [0.15, 0.2) is 18.2 Å². The number of ether oxygens (including phenoxy) is 1. The van der Waals surface area contributed by atoms with Gasteiger partial charge in [-0.2, -0.15) is 0 Å². The van der Waals surface area contributed by atoms with Gasteiger partial charge in [0.25, 0.3) is 0 Å². The molecule has 1 aliphatic carbocycles. The van der Waals surface area contributed by atoms with Gasteiger partial charge in [-0.05, 0) is 37.8 Å². The summed E-state index contributed by atoms with van der Waals surface area (Å²) >= 11 is 0. The van der Waals surface area contributed by atoms with Crippen molar-refractivity contribution in [3.05, 3.63) is 23.8 Å². The minimum absolute atomic E-state index is 0.406. The van der Waals surface area contributed by atoms with E-state index < -0.39 is 0 Å². The van der Waals surface area contributed by atoms with Crippen LogP contribution in [0.2, 0.25) is 0 Å². The largest absolute Gasteiger partial charge is 0.488 e. The fourth-order valence-electron chi connectivity index (χ4n) is 1.49. The summed E-state index contributed by atoms with van der Waals surface area (Å²) in [7, 11) is 0. The molecular formula is C11H15NO. The van der Waals surface area contributed by atoms with Gasteiger partial charge in [-0.3, -0.25) is 0 Å². The molecule has 0 bridgehead atoms. The van der Waals surface area contributed by atoms with Gasteiger partial charge in [0.1, 0.15) is 5.75 Å². The zero-order valence-electron chi connectivity index (χ0n) is 7.92. The minimum atomic E-state index is 0.406. The first-order valence-corrected chi connectivity index (χ1v) is 4.79. The second-order valence-corrected chi connectivity index (χ2v) is 3.66. The number of aryl methyl sites for hydroxylation is 1. The standard InChI is InChI=1S/C11H15NO/c1-8-4-2-7-10(12)11(8)13-9-5-3-6-9/h2,4,7,9H,3,5-6,12H2,1H3. The van der Waals surface area contributed by atoms with Crippen molar-refractivity contribution >= 4 is 5.69 Å². The number of benzene rings is 1. The van der Waals surface area contributed by atoms with E-state index in [1.165, 1.54) is 19.3 Å². The molecule has 0 spiro atoms. The average Bonchev–Trinajstić information content (AvgIpc) is 2.00. The molecule has 70 valence electrons. The fourth-order valence-corrected chi connectivity index (χ4v) is 1.49. The molecule has 1 aromatic carbocycles. The lowest BCUT2D eigenvalue weighted by molar-refractivity contribution is 0.120. The van der Waals surface area contributed by atoms with Crippen LogP contribution in [0.25, 0.3) is 0 Å². The molecule has 0 saturated heterocycles. The summed E-state index contributed by atoms with van der Waals surface area (Å²) in [6.07, 6.45) is 4.04. The smallest absolute Gasteiger partial charge is 0.145 e. The zero-order valence-corrected chi connectivity index (χ0v) is 7.92. The molecule has 0 amide bonds. The van der Waals surface area contributed by atoms with E-state index in [2.05, 4.69) is 0 Å². The zero-order chi connectivity index (χ0) is 9.26. The van der Waals surface area contributed by atoms with Crippen LogP contribution in [0.3, 0.4) is 0 Å². The lowest BCUT2D eigenvalue weighted by Gasteiger charge is -2.27. The number of hydrogen-bond donors (Lipinski definition) is 1. The van der Waals surface area contributed by atoms with Crippen molar-refractivity contribution in [1.29, 1.82) is 0 Å². The number of para-hydroxylation sites is 1. The highest BCUT2D eigenvalue weighted by atomic mass is 16.5. The van der Waals surface area contributed by atoms with E-state index in [4.69, 9.17) is 10.5 Å². The Bertz CT molecular complexity index is 285. The molecule has 1 aromatic rings. The van der Waals surface area contributed by atoms with Crippen LogP contribution < -0.4 is 10.5 Å². The molecular weight excluding hydrogens is 162 g/mol. The van der Waals surface area contributed by atoms with Crippen LogP contribution in [-0.2, 0) is 0 Å². The molecule has 2 heteroatoms. The lowest BCUT2D eigenvalue weighted by atomic mass is 9.96. The summed E-state index contributed by atoms with van der Waals surface area (Å²) in [6.45, 7) is 2.03. The minimum Gasteiger partial charge on any atom is -0.488 e. The van der Waals surface area contributed by atoms with Crippen LogP contribution >= 0.6 is 0 Å². The van der Waals surface area contributed by atoms with Gasteiger partial charge in [0.2, 0.25) is 0 Å². The van der Waals surface area contributed by atoms with E-state index in [0.29, 0.717) is 6.10 Å². The van der Waals surface area contributed by atoms with E-state index >= 15 is 0 Å². The van der Waals surface area contributed by atoms with Crippen molar-refractivity contribution in [3.63, 3.8) is 0 Å². The van der Waals surface area contributed by atoms with Crippen LogP contribution in [0, 0.1) is 6.92 Å². The van der Waals surface area contributed by atoms with Gasteiger partial charge in [0.15, 0.2) is 0 Å². The van der Waals surface area contributed by atoms with Gasteiger partial charge in [-0.1, -0.05) is 12.1 Å². The molecule has 0 aliphatic heterocycles. The molecule has 0 unspecified atom stereocenters. The molecule has 1 saturated carbocycles. The molecule has 2 nitrogen and oxygen atoms in total. The molecule has 0 radical (unpaired) electrons. The predicted octanol–water partition coefficient (Wildman–Crippen LogP) is 2.51. The molecule has 1 fully saturated rings. The molecule has 2 N–H and O–H groups in total. The Balaban J connectivity index is 2.17. The molecule has 2 rings (SSSR count). The Kier molecular flexibility index (Phi) is 2.13. The molecule has 13 heavy (non-hydrogen) atoms. The molecule has 0 aromatic heterocycles. The Labute approximate surface area is 78.7 Å². The first-order chi connectivity index (χ1) is 6.27. The second kappa shape index (κ2) is 3.29. The van der Waals surface area contributed by atoms with Crippen LogP contribution in [0.4, 0.5) is 5.69 Å². The van der Waals surface area contributed by atoms with Gasteiger partial charge >= 0.3 is 0 Å². The third-order valence-corrected chi connectivity index (χ3v) is 2.58. The summed E-state index contributed by atoms with van der Waals surface area (Å²) in [4.78, 5) is 0. The highest BCUT2D eigenvalue weighted by Crippen LogP contribution is 2.31. The van der Waals surface area contributed by atoms with Crippen molar-refractivity contribution in [2.45, 2.75) is 32.3 Å². The van der Waals surface area contributed by atoms with E-state index in [1.54, 1.807) is 0 Å². The summed E-state index contributed by atoms with van der Waals surface area (Å²) in [6, 6.07) is 5.88. The summed E-state index contributed by atoms with van der Waals surface area (Å²) in [5, 5.41) is 0. The molecule has 0 atom stereocenters. The van der Waals surface area contributed by atoms with E-state index in [1.807, 2.05) is 25.1 Å². The van der Waals surface area contributed by atoms with Gasteiger partial charge < -0.3 is 10.5 Å². The van der Waals surface area contributed by atoms with Gasteiger partial charge in [0, 0.05) is 0 Å². The topological polar surface area (TPSA) is 35.2 Å². The van der Waals surface area contributed by atoms with E-state index in [0.717, 1.165) is 17.0 Å². The van der Waals surface area contributed by atoms with E-state index in [9.17, 15) is 0 Å². The number of nitrogens with two attached hydrogens (primary N) is 1. The third kappa shape index (κ3) is 1.62. The maximum absolute atomic E-state index is 5.82. The number of nitrogen functional groups attached to an aromatic ring is 1. The number of rotatable bonds is 2. The normalized spacial score (nSPS) is 16.7. The third-order valence-electron chi connectivity index (χ3n) is 2.58. The molecule has 1 aliphatic rings. The van der Waals surface area contributed by atoms with Crippen LogP contribution in [-0.4, -0.2) is 6.10 Å². The summed E-state index contributed by atoms with van der Waals surface area (Å²) in [5.74, 6) is 0.882. The summed E-state index contributed by atoms with van der Waals surface area (Å²) in [5.41, 5.74) is 7.71. The highest BCUT2D eigenvalue weighted by molar-refractivity contribution is 5.56. The Morgan fingerprint density at radius 3 is 2.69 bits per heavy atom. The van der Waals surface area contributed by atoms with Crippen molar-refractivity contribution < 1.29 is 4.74 Å². The quantitative estimate of drug-likeness (QED) is 0.704. The van der Waals surface area contributed by atoms with Gasteiger partial charge in [0.05, 0.1) is 11.8 Å². The predicted molar refractivity (Wildman–Crippen MR) is 53.9 cm³/mol. The van der Waals surface area contributed by atoms with Crippen molar-refractivity contribution in [3.8, 4) is 5.75 Å². The van der Waals surface area contributed by atoms with Crippen LogP contribution in [0.5, 0.6) is 5.75 Å². The Morgan fingerprint density at radius 1 is 1.38 bits per heavy atom. The summed E-state index contributed by atoms with van der Waals surface area (Å²) < 4.78 is 5.79. The maximum Gasteiger partial charge on any atom is 0.145 e. The first kappa shape index (κ1) is 8.42. The second-order valence-electron chi connectivity index (χ2n) is 3.66. The SMILES string of the molecule is Cc1cccc(N)c1OC1CCC1. The van der Waals surface area contributed by atoms with Gasteiger partial charge in [-0.15, -0.1) is 0 Å². The fraction of sp³-hybridized carbons (Fsp3) is 0.455. The monoisotopic (exact) mass is 177 g/mol. The maximum atomic E-state index is 5.82. The highest BCUT2D eigenvalue weighted by Gasteiger charge is 2.20. The number of hydrogen-bond acceptors (Lipinski definition) is 2. The number of anilines is 1. The Hall–Kier alpha value is -1.18. The van der Waals surface area contributed by atoms with Crippen molar-refractivity contribution in [1.82, 2.24) is 0 Å². The van der Waals surface area contributed by atoms with Crippen molar-refractivity contribution in [2.75, 3.05) is 5.73 Å². The van der Waals surface area contributed by atoms with Crippen molar-refractivity contribution in [2.24, 2.45) is 0 Å². The average molecular weight is 177 g/mol. The molecule has 0 heterocycles. The van der Waals surface area contributed by atoms with Gasteiger partial charge in [-0.25, -0.2) is 0 Å². The Morgan fingerprint density at radius 2 is 2.15 bits per heavy atom. The van der Waals surface area contributed by atoms with Crippen LogP contribution in [0.1, 0.15) is 24.8 Å². The van der Waals surface area contributed by atoms with E-state index in [-0.39, 0.29) is 0 Å². The lowest BCUT2D eigenvalue weighted by Crippen LogP contribution is -2.25.